The van der Waals surface area contributed by atoms with Gasteiger partial charge in [-0.15, -0.1) is 23.2 Å². The van der Waals surface area contributed by atoms with E-state index in [9.17, 15) is 0 Å². The number of rotatable bonds is 4. The number of alkyl halides is 2. The second kappa shape index (κ2) is 5.63. The lowest BCUT2D eigenvalue weighted by Gasteiger charge is -2.10. The Morgan fingerprint density at radius 2 is 1.29 bits per heavy atom. The minimum absolute atomic E-state index is 0.685. The van der Waals surface area contributed by atoms with Crippen molar-refractivity contribution < 1.29 is 0 Å². The van der Waals surface area contributed by atoms with Gasteiger partial charge in [0.1, 0.15) is 0 Å². The van der Waals surface area contributed by atoms with Crippen LogP contribution in [0.15, 0.2) is 12.1 Å². The van der Waals surface area contributed by atoms with Gasteiger partial charge in [-0.3, -0.25) is 0 Å². The van der Waals surface area contributed by atoms with Crippen molar-refractivity contribution >= 4 is 23.2 Å². The molecule has 0 aliphatic heterocycles. The van der Waals surface area contributed by atoms with Crippen LogP contribution in [0.25, 0.3) is 0 Å². The van der Waals surface area contributed by atoms with Crippen LogP contribution in [0.4, 0.5) is 0 Å². The van der Waals surface area contributed by atoms with Crippen LogP contribution in [0.1, 0.15) is 22.3 Å². The highest BCUT2D eigenvalue weighted by atomic mass is 35.5. The Hall–Kier alpha value is -0.200. The smallest absolute Gasteiger partial charge is 0.0264 e. The monoisotopic (exact) mass is 230 g/mol. The molecule has 0 saturated heterocycles. The van der Waals surface area contributed by atoms with E-state index in [1.807, 2.05) is 0 Å². The minimum Gasteiger partial charge on any atom is -0.126 e. The standard InChI is InChI=1S/C12H16Cl2/c1-9-7-10(2)12(4-6-14)8-11(9)3-5-13/h7-8H,3-6H2,1-2H3. The summed E-state index contributed by atoms with van der Waals surface area (Å²) in [4.78, 5) is 0. The Bertz CT molecular complexity index is 278. The van der Waals surface area contributed by atoms with Gasteiger partial charge in [-0.05, 0) is 48.9 Å². The fourth-order valence-electron chi connectivity index (χ4n) is 1.69. The molecule has 0 amide bonds. The zero-order valence-corrected chi connectivity index (χ0v) is 10.3. The molecule has 2 heteroatoms. The van der Waals surface area contributed by atoms with E-state index < -0.39 is 0 Å². The highest BCUT2D eigenvalue weighted by Gasteiger charge is 2.03. The van der Waals surface area contributed by atoms with E-state index in [0.29, 0.717) is 11.8 Å². The molecule has 0 N–H and O–H groups in total. The van der Waals surface area contributed by atoms with Crippen molar-refractivity contribution in [2.24, 2.45) is 0 Å². The summed E-state index contributed by atoms with van der Waals surface area (Å²) in [6.45, 7) is 4.28. The molecular formula is C12H16Cl2. The van der Waals surface area contributed by atoms with Gasteiger partial charge in [0.05, 0.1) is 0 Å². The number of hydrogen-bond donors (Lipinski definition) is 0. The van der Waals surface area contributed by atoms with Gasteiger partial charge in [0.15, 0.2) is 0 Å². The molecule has 78 valence electrons. The van der Waals surface area contributed by atoms with Crippen molar-refractivity contribution in [1.29, 1.82) is 0 Å². The van der Waals surface area contributed by atoms with Crippen molar-refractivity contribution in [3.63, 3.8) is 0 Å². The van der Waals surface area contributed by atoms with Crippen molar-refractivity contribution in [3.8, 4) is 0 Å². The van der Waals surface area contributed by atoms with Gasteiger partial charge in [0.2, 0.25) is 0 Å². The highest BCUT2D eigenvalue weighted by Crippen LogP contribution is 2.18. The molecular weight excluding hydrogens is 215 g/mol. The Labute approximate surface area is 96.2 Å². The van der Waals surface area contributed by atoms with E-state index in [-0.39, 0.29) is 0 Å². The van der Waals surface area contributed by atoms with Crippen LogP contribution < -0.4 is 0 Å². The summed E-state index contributed by atoms with van der Waals surface area (Å²) in [5.74, 6) is 1.37. The Kier molecular flexibility index (Phi) is 4.77. The quantitative estimate of drug-likeness (QED) is 0.690. The van der Waals surface area contributed by atoms with Gasteiger partial charge in [0, 0.05) is 11.8 Å². The van der Waals surface area contributed by atoms with Gasteiger partial charge >= 0.3 is 0 Å². The molecule has 0 aromatic heterocycles. The average Bonchev–Trinajstić information content (AvgIpc) is 2.14. The molecule has 1 aromatic carbocycles. The predicted molar refractivity (Wildman–Crippen MR) is 64.8 cm³/mol. The topological polar surface area (TPSA) is 0 Å². The summed E-state index contributed by atoms with van der Waals surface area (Å²) in [7, 11) is 0. The van der Waals surface area contributed by atoms with E-state index in [4.69, 9.17) is 23.2 Å². The lowest BCUT2D eigenvalue weighted by Crippen LogP contribution is -1.98. The van der Waals surface area contributed by atoms with Crippen LogP contribution in [-0.2, 0) is 12.8 Å². The Morgan fingerprint density at radius 3 is 1.64 bits per heavy atom. The molecule has 0 radical (unpaired) electrons. The molecule has 0 spiro atoms. The molecule has 0 saturated carbocycles. The molecule has 1 rings (SSSR count). The van der Waals surface area contributed by atoms with Gasteiger partial charge in [-0.1, -0.05) is 12.1 Å². The van der Waals surface area contributed by atoms with Gasteiger partial charge in [-0.25, -0.2) is 0 Å². The molecule has 1 aromatic rings. The maximum atomic E-state index is 5.75. The fourth-order valence-corrected chi connectivity index (χ4v) is 2.10. The van der Waals surface area contributed by atoms with Gasteiger partial charge < -0.3 is 0 Å². The first-order valence-electron chi connectivity index (χ1n) is 4.90. The maximum Gasteiger partial charge on any atom is 0.0264 e. The second-order valence-electron chi connectivity index (χ2n) is 3.58. The minimum atomic E-state index is 0.685. The van der Waals surface area contributed by atoms with E-state index in [2.05, 4.69) is 26.0 Å². The van der Waals surface area contributed by atoms with Crippen LogP contribution in [0.5, 0.6) is 0 Å². The van der Waals surface area contributed by atoms with E-state index in [1.54, 1.807) is 0 Å². The highest BCUT2D eigenvalue weighted by molar-refractivity contribution is 6.18. The molecule has 0 fully saturated rings. The third kappa shape index (κ3) is 2.90. The molecule has 0 atom stereocenters. The maximum absolute atomic E-state index is 5.75. The lowest BCUT2D eigenvalue weighted by atomic mass is 9.97. The second-order valence-corrected chi connectivity index (χ2v) is 4.34. The van der Waals surface area contributed by atoms with Crippen molar-refractivity contribution in [2.45, 2.75) is 26.7 Å². The first kappa shape index (κ1) is 11.9. The number of halogens is 2. The molecule has 0 aliphatic carbocycles. The van der Waals surface area contributed by atoms with E-state index >= 15 is 0 Å². The first-order valence-corrected chi connectivity index (χ1v) is 5.97. The molecule has 0 bridgehead atoms. The van der Waals surface area contributed by atoms with Crippen molar-refractivity contribution in [3.05, 3.63) is 34.4 Å². The van der Waals surface area contributed by atoms with Crippen LogP contribution in [0.3, 0.4) is 0 Å². The van der Waals surface area contributed by atoms with Crippen LogP contribution >= 0.6 is 23.2 Å². The number of benzene rings is 1. The molecule has 0 aliphatic rings. The lowest BCUT2D eigenvalue weighted by molar-refractivity contribution is 1.05. The Morgan fingerprint density at radius 1 is 0.857 bits per heavy atom. The number of aryl methyl sites for hydroxylation is 4. The van der Waals surface area contributed by atoms with Crippen LogP contribution in [0.2, 0.25) is 0 Å². The molecule has 0 unspecified atom stereocenters. The largest absolute Gasteiger partial charge is 0.126 e. The summed E-state index contributed by atoms with van der Waals surface area (Å²) in [6, 6.07) is 4.47. The van der Waals surface area contributed by atoms with E-state index in [0.717, 1.165) is 12.8 Å². The summed E-state index contributed by atoms with van der Waals surface area (Å²) < 4.78 is 0. The molecule has 14 heavy (non-hydrogen) atoms. The molecule has 0 heterocycles. The summed E-state index contributed by atoms with van der Waals surface area (Å²) >= 11 is 11.5. The van der Waals surface area contributed by atoms with Crippen molar-refractivity contribution in [1.82, 2.24) is 0 Å². The third-order valence-corrected chi connectivity index (χ3v) is 2.90. The predicted octanol–water partition coefficient (Wildman–Crippen LogP) is 3.87. The summed E-state index contributed by atoms with van der Waals surface area (Å²) in [5.41, 5.74) is 5.37. The van der Waals surface area contributed by atoms with Crippen molar-refractivity contribution in [2.75, 3.05) is 11.8 Å². The molecule has 0 nitrogen and oxygen atoms in total. The third-order valence-electron chi connectivity index (χ3n) is 2.52. The zero-order valence-electron chi connectivity index (χ0n) is 8.74. The van der Waals surface area contributed by atoms with Gasteiger partial charge in [-0.2, -0.15) is 0 Å². The first-order chi connectivity index (χ1) is 6.69. The SMILES string of the molecule is Cc1cc(C)c(CCCl)cc1CCCl. The van der Waals surface area contributed by atoms with E-state index in [1.165, 1.54) is 22.3 Å². The Balaban J connectivity index is 3.00. The average molecular weight is 231 g/mol. The van der Waals surface area contributed by atoms with Crippen LogP contribution in [0, 0.1) is 13.8 Å². The zero-order chi connectivity index (χ0) is 10.6. The summed E-state index contributed by atoms with van der Waals surface area (Å²) in [6.07, 6.45) is 1.89. The van der Waals surface area contributed by atoms with Crippen LogP contribution in [-0.4, -0.2) is 11.8 Å². The van der Waals surface area contributed by atoms with Gasteiger partial charge in [0.25, 0.3) is 0 Å². The fraction of sp³-hybridized carbons (Fsp3) is 0.500. The number of hydrogen-bond acceptors (Lipinski definition) is 0. The summed E-state index contributed by atoms with van der Waals surface area (Å²) in [5, 5.41) is 0. The normalized spacial score (nSPS) is 10.6.